The molecule has 0 bridgehead atoms. The monoisotopic (exact) mass is 164 g/mol. The lowest BCUT2D eigenvalue weighted by Crippen LogP contribution is -2.00. The topological polar surface area (TPSA) is 20.2 Å². The third-order valence-electron chi connectivity index (χ3n) is 1.13. The van der Waals surface area contributed by atoms with Gasteiger partial charge in [0.05, 0.1) is 0 Å². The summed E-state index contributed by atoms with van der Waals surface area (Å²) in [6.45, 7) is 6.40. The third kappa shape index (κ3) is 11.2. The van der Waals surface area contributed by atoms with Crippen molar-refractivity contribution in [3.63, 3.8) is 0 Å². The summed E-state index contributed by atoms with van der Waals surface area (Å²) in [5.74, 6) is 1.66. The lowest BCUT2D eigenvalue weighted by Gasteiger charge is -2.03. The molecule has 0 aromatic carbocycles. The van der Waals surface area contributed by atoms with Gasteiger partial charge in [-0.15, -0.1) is 0 Å². The van der Waals surface area contributed by atoms with E-state index in [1.165, 1.54) is 5.75 Å². The zero-order valence-electron chi connectivity index (χ0n) is 7.55. The van der Waals surface area contributed by atoms with Gasteiger partial charge < -0.3 is 5.11 Å². The molecular weight excluding hydrogens is 144 g/mol. The second kappa shape index (κ2) is 12.0. The molecule has 1 N–H and O–H groups in total. The van der Waals surface area contributed by atoms with Crippen LogP contribution in [0.2, 0.25) is 0 Å². The number of rotatable bonds is 4. The van der Waals surface area contributed by atoms with Crippen LogP contribution in [0.25, 0.3) is 0 Å². The fourth-order valence-electron chi connectivity index (χ4n) is 0.410. The standard InChI is InChI=1S/C6H14OS.C2H6/c1-6(5-7)3-4-8-2;1-2/h6-7H,3-5H2,1-2H3;1-2H3. The van der Waals surface area contributed by atoms with E-state index < -0.39 is 0 Å². The molecule has 0 fully saturated rings. The molecule has 1 nitrogen and oxygen atoms in total. The van der Waals surface area contributed by atoms with Crippen molar-refractivity contribution in [1.29, 1.82) is 0 Å². The molecule has 0 saturated carbocycles. The summed E-state index contributed by atoms with van der Waals surface area (Å²) in [5, 5.41) is 8.55. The minimum absolute atomic E-state index is 0.334. The van der Waals surface area contributed by atoms with E-state index in [4.69, 9.17) is 5.11 Å². The summed E-state index contributed by atoms with van der Waals surface area (Å²) in [5.41, 5.74) is 0. The largest absolute Gasteiger partial charge is 0.396 e. The van der Waals surface area contributed by atoms with Crippen molar-refractivity contribution in [2.45, 2.75) is 27.2 Å². The van der Waals surface area contributed by atoms with Crippen LogP contribution >= 0.6 is 11.8 Å². The highest BCUT2D eigenvalue weighted by atomic mass is 32.2. The van der Waals surface area contributed by atoms with Crippen LogP contribution in [0.1, 0.15) is 27.2 Å². The van der Waals surface area contributed by atoms with Crippen molar-refractivity contribution in [1.82, 2.24) is 0 Å². The predicted molar refractivity (Wildman–Crippen MR) is 50.6 cm³/mol. The average molecular weight is 164 g/mol. The number of thioether (sulfide) groups is 1. The summed E-state index contributed by atoms with van der Waals surface area (Å²) < 4.78 is 0. The maximum Gasteiger partial charge on any atom is 0.0456 e. The Hall–Kier alpha value is 0.310. The van der Waals surface area contributed by atoms with Crippen LogP contribution < -0.4 is 0 Å². The Morgan fingerprint density at radius 2 is 1.90 bits per heavy atom. The Bertz CT molecular complexity index is 48.5. The van der Waals surface area contributed by atoms with E-state index in [1.807, 2.05) is 25.6 Å². The van der Waals surface area contributed by atoms with Gasteiger partial charge in [-0.05, 0) is 24.3 Å². The molecule has 0 aliphatic heterocycles. The van der Waals surface area contributed by atoms with Gasteiger partial charge in [-0.1, -0.05) is 20.8 Å². The highest BCUT2D eigenvalue weighted by Gasteiger charge is 1.96. The van der Waals surface area contributed by atoms with E-state index in [0.717, 1.165) is 6.42 Å². The average Bonchev–Trinajstić information content (AvgIpc) is 2.04. The van der Waals surface area contributed by atoms with Gasteiger partial charge in [-0.25, -0.2) is 0 Å². The highest BCUT2D eigenvalue weighted by molar-refractivity contribution is 7.98. The van der Waals surface area contributed by atoms with Crippen LogP contribution in [-0.2, 0) is 0 Å². The molecule has 1 atom stereocenters. The van der Waals surface area contributed by atoms with E-state index in [-0.39, 0.29) is 0 Å². The summed E-state index contributed by atoms with van der Waals surface area (Å²) in [6.07, 6.45) is 3.22. The SMILES string of the molecule is CC.CSCCC(C)CO. The number of aliphatic hydroxyl groups excluding tert-OH is 1. The molecule has 64 valence electrons. The van der Waals surface area contributed by atoms with Gasteiger partial charge in [0, 0.05) is 6.61 Å². The molecule has 0 radical (unpaired) electrons. The third-order valence-corrected chi connectivity index (χ3v) is 1.77. The van der Waals surface area contributed by atoms with Crippen molar-refractivity contribution in [3.05, 3.63) is 0 Å². The summed E-state index contributed by atoms with van der Waals surface area (Å²) in [4.78, 5) is 0. The first-order chi connectivity index (χ1) is 4.81. The van der Waals surface area contributed by atoms with Crippen molar-refractivity contribution in [3.8, 4) is 0 Å². The normalized spacial score (nSPS) is 11.7. The molecule has 10 heavy (non-hydrogen) atoms. The van der Waals surface area contributed by atoms with Crippen molar-refractivity contribution < 1.29 is 5.11 Å². The van der Waals surface area contributed by atoms with Crippen molar-refractivity contribution in [2.24, 2.45) is 5.92 Å². The van der Waals surface area contributed by atoms with Gasteiger partial charge in [0.2, 0.25) is 0 Å². The molecule has 0 amide bonds. The quantitative estimate of drug-likeness (QED) is 0.688. The minimum Gasteiger partial charge on any atom is -0.396 e. The number of hydrogen-bond donors (Lipinski definition) is 1. The second-order valence-corrected chi connectivity index (χ2v) is 3.05. The molecule has 0 heterocycles. The van der Waals surface area contributed by atoms with Gasteiger partial charge in [0.25, 0.3) is 0 Å². The maximum absolute atomic E-state index is 8.55. The van der Waals surface area contributed by atoms with E-state index >= 15 is 0 Å². The first-order valence-corrected chi connectivity index (χ1v) is 5.30. The fraction of sp³-hybridized carbons (Fsp3) is 1.00. The molecule has 2 heteroatoms. The van der Waals surface area contributed by atoms with Gasteiger partial charge in [-0.3, -0.25) is 0 Å². The van der Waals surface area contributed by atoms with E-state index in [1.54, 1.807) is 0 Å². The minimum atomic E-state index is 0.334. The Labute approximate surface area is 69.2 Å². The molecule has 1 unspecified atom stereocenters. The fourth-order valence-corrected chi connectivity index (χ4v) is 1.05. The molecular formula is C8H20OS. The van der Waals surface area contributed by atoms with Crippen LogP contribution in [-0.4, -0.2) is 23.7 Å². The van der Waals surface area contributed by atoms with Gasteiger partial charge >= 0.3 is 0 Å². The Kier molecular flexibility index (Phi) is 15.6. The first kappa shape index (κ1) is 12.9. The molecule has 0 aromatic heterocycles. The van der Waals surface area contributed by atoms with Crippen LogP contribution in [0, 0.1) is 5.92 Å². The summed E-state index contributed by atoms with van der Waals surface area (Å²) in [6, 6.07) is 0. The molecule has 0 aromatic rings. The zero-order chi connectivity index (χ0) is 8.41. The van der Waals surface area contributed by atoms with Crippen molar-refractivity contribution >= 4 is 11.8 Å². The zero-order valence-corrected chi connectivity index (χ0v) is 8.37. The lowest BCUT2D eigenvalue weighted by molar-refractivity contribution is 0.235. The predicted octanol–water partition coefficient (Wildman–Crippen LogP) is 2.39. The van der Waals surface area contributed by atoms with E-state index in [0.29, 0.717) is 12.5 Å². The molecule has 0 spiro atoms. The second-order valence-electron chi connectivity index (χ2n) is 2.07. The molecule has 0 rings (SSSR count). The Balaban J connectivity index is 0. The van der Waals surface area contributed by atoms with Crippen LogP contribution in [0.15, 0.2) is 0 Å². The van der Waals surface area contributed by atoms with Crippen LogP contribution in [0.4, 0.5) is 0 Å². The molecule has 0 saturated heterocycles. The number of aliphatic hydroxyl groups is 1. The number of hydrogen-bond acceptors (Lipinski definition) is 2. The van der Waals surface area contributed by atoms with Crippen molar-refractivity contribution in [2.75, 3.05) is 18.6 Å². The Morgan fingerprint density at radius 3 is 2.20 bits per heavy atom. The van der Waals surface area contributed by atoms with E-state index in [2.05, 4.69) is 13.2 Å². The smallest absolute Gasteiger partial charge is 0.0456 e. The van der Waals surface area contributed by atoms with E-state index in [9.17, 15) is 0 Å². The molecule has 0 aliphatic carbocycles. The van der Waals surface area contributed by atoms with Crippen LogP contribution in [0.5, 0.6) is 0 Å². The lowest BCUT2D eigenvalue weighted by atomic mass is 10.1. The van der Waals surface area contributed by atoms with Gasteiger partial charge in [0.15, 0.2) is 0 Å². The summed E-state index contributed by atoms with van der Waals surface area (Å²) in [7, 11) is 0. The van der Waals surface area contributed by atoms with Gasteiger partial charge in [0.1, 0.15) is 0 Å². The highest BCUT2D eigenvalue weighted by Crippen LogP contribution is 2.04. The summed E-state index contributed by atoms with van der Waals surface area (Å²) >= 11 is 1.83. The first-order valence-electron chi connectivity index (χ1n) is 3.91. The van der Waals surface area contributed by atoms with Crippen LogP contribution in [0.3, 0.4) is 0 Å². The Morgan fingerprint density at radius 1 is 1.40 bits per heavy atom. The molecule has 0 aliphatic rings. The van der Waals surface area contributed by atoms with Gasteiger partial charge in [-0.2, -0.15) is 11.8 Å². The maximum atomic E-state index is 8.55.